The van der Waals surface area contributed by atoms with Crippen molar-refractivity contribution in [2.75, 3.05) is 6.54 Å². The van der Waals surface area contributed by atoms with Crippen LogP contribution in [0.3, 0.4) is 0 Å². The monoisotopic (exact) mass is 470 g/mol. The number of nitrogens with zero attached hydrogens (tertiary/aromatic N) is 1. The number of aliphatic imine (C=N–C) groups is 1. The standard InChI is InChI=1S/C26H38N4O4/c1-25(2,3)24(33)30-22(27)18-13-12-17-15-20(29-19(17)16-18)23(32)28-14-10-8-7-9-11-21(31)34-26(4,5)6/h12-13,15-16,29H,7-11,14H2,1-6H3,(H,28,32)(H2,27,30,33). The molecule has 1 heterocycles. The van der Waals surface area contributed by atoms with Crippen molar-refractivity contribution < 1.29 is 19.1 Å². The number of aromatic amines is 1. The smallest absolute Gasteiger partial charge is 0.306 e. The fraction of sp³-hybridized carbons (Fsp3) is 0.538. The number of hydrogen-bond donors (Lipinski definition) is 3. The van der Waals surface area contributed by atoms with Gasteiger partial charge in [-0.05, 0) is 45.7 Å². The Morgan fingerprint density at radius 2 is 1.68 bits per heavy atom. The zero-order chi connectivity index (χ0) is 25.5. The van der Waals surface area contributed by atoms with E-state index in [9.17, 15) is 14.4 Å². The molecule has 0 unspecified atom stereocenters. The predicted molar refractivity (Wildman–Crippen MR) is 135 cm³/mol. The molecule has 0 aliphatic carbocycles. The van der Waals surface area contributed by atoms with E-state index in [1.165, 1.54) is 0 Å². The van der Waals surface area contributed by atoms with E-state index in [-0.39, 0.29) is 23.6 Å². The molecule has 0 saturated heterocycles. The van der Waals surface area contributed by atoms with E-state index >= 15 is 0 Å². The highest BCUT2D eigenvalue weighted by molar-refractivity contribution is 6.07. The van der Waals surface area contributed by atoms with E-state index in [4.69, 9.17) is 10.5 Å². The molecule has 0 spiro atoms. The Morgan fingerprint density at radius 1 is 1.00 bits per heavy atom. The highest BCUT2D eigenvalue weighted by atomic mass is 16.6. The lowest BCUT2D eigenvalue weighted by molar-refractivity contribution is -0.154. The topological polar surface area (TPSA) is 127 Å². The van der Waals surface area contributed by atoms with Crippen LogP contribution in [0.4, 0.5) is 0 Å². The number of H-pyrrole nitrogens is 1. The van der Waals surface area contributed by atoms with Gasteiger partial charge >= 0.3 is 5.97 Å². The van der Waals surface area contributed by atoms with Gasteiger partial charge in [-0.25, -0.2) is 0 Å². The summed E-state index contributed by atoms with van der Waals surface area (Å²) in [6.45, 7) is 11.5. The summed E-state index contributed by atoms with van der Waals surface area (Å²) in [4.78, 5) is 43.4. The number of benzene rings is 1. The predicted octanol–water partition coefficient (Wildman–Crippen LogP) is 4.47. The molecule has 2 rings (SSSR count). The Labute approximate surface area is 201 Å². The number of rotatable bonds is 9. The zero-order valence-electron chi connectivity index (χ0n) is 21.2. The Kier molecular flexibility index (Phi) is 9.01. The van der Waals surface area contributed by atoms with Crippen molar-refractivity contribution in [2.45, 2.75) is 79.2 Å². The Hall–Kier alpha value is -3.16. The Balaban J connectivity index is 1.82. The Bertz CT molecular complexity index is 1050. The molecule has 0 aliphatic heterocycles. The first-order valence-electron chi connectivity index (χ1n) is 11.8. The normalized spacial score (nSPS) is 12.6. The molecular formula is C26H38N4O4. The van der Waals surface area contributed by atoms with Crippen molar-refractivity contribution in [1.29, 1.82) is 0 Å². The largest absolute Gasteiger partial charge is 0.460 e. The maximum absolute atomic E-state index is 12.5. The number of carbonyl (C=O) groups excluding carboxylic acids is 3. The quantitative estimate of drug-likeness (QED) is 0.216. The van der Waals surface area contributed by atoms with Crippen LogP contribution in [0.2, 0.25) is 0 Å². The number of carbonyl (C=O) groups is 3. The van der Waals surface area contributed by atoms with Crippen LogP contribution in [0.25, 0.3) is 10.9 Å². The van der Waals surface area contributed by atoms with Gasteiger partial charge in [-0.2, -0.15) is 4.99 Å². The maximum Gasteiger partial charge on any atom is 0.306 e. The van der Waals surface area contributed by atoms with Crippen LogP contribution < -0.4 is 11.1 Å². The molecule has 4 N–H and O–H groups in total. The molecular weight excluding hydrogens is 432 g/mol. The number of nitrogens with one attached hydrogen (secondary N) is 2. The minimum absolute atomic E-state index is 0.147. The molecule has 1 aromatic carbocycles. The average molecular weight is 471 g/mol. The first-order valence-corrected chi connectivity index (χ1v) is 11.8. The van der Waals surface area contributed by atoms with Crippen LogP contribution in [-0.4, -0.2) is 40.7 Å². The van der Waals surface area contributed by atoms with Crippen molar-refractivity contribution in [3.63, 3.8) is 0 Å². The first kappa shape index (κ1) is 27.1. The summed E-state index contributed by atoms with van der Waals surface area (Å²) in [5.74, 6) is -0.497. The van der Waals surface area contributed by atoms with Gasteiger partial charge in [0.05, 0.1) is 0 Å². The van der Waals surface area contributed by atoms with E-state index in [2.05, 4.69) is 15.3 Å². The molecule has 34 heavy (non-hydrogen) atoms. The van der Waals surface area contributed by atoms with Gasteiger partial charge in [0.25, 0.3) is 11.8 Å². The summed E-state index contributed by atoms with van der Waals surface area (Å²) in [5, 5.41) is 3.78. The van der Waals surface area contributed by atoms with E-state index in [0.717, 1.165) is 36.6 Å². The lowest BCUT2D eigenvalue weighted by Gasteiger charge is -2.19. The summed E-state index contributed by atoms with van der Waals surface area (Å²) in [7, 11) is 0. The number of unbranched alkanes of at least 4 members (excludes halogenated alkanes) is 3. The second-order valence-electron chi connectivity index (χ2n) is 10.5. The van der Waals surface area contributed by atoms with Crippen LogP contribution in [0.1, 0.15) is 89.7 Å². The molecule has 186 valence electrons. The van der Waals surface area contributed by atoms with E-state index in [0.29, 0.717) is 24.2 Å². The van der Waals surface area contributed by atoms with Crippen molar-refractivity contribution in [3.8, 4) is 0 Å². The summed E-state index contributed by atoms with van der Waals surface area (Å²) in [6.07, 6.45) is 3.86. The Morgan fingerprint density at radius 3 is 2.32 bits per heavy atom. The molecule has 0 atom stereocenters. The lowest BCUT2D eigenvalue weighted by atomic mass is 9.96. The molecule has 2 amide bonds. The van der Waals surface area contributed by atoms with Gasteiger partial charge in [-0.3, -0.25) is 14.4 Å². The molecule has 0 fully saturated rings. The third-order valence-corrected chi connectivity index (χ3v) is 5.04. The molecule has 1 aromatic heterocycles. The summed E-state index contributed by atoms with van der Waals surface area (Å²) in [6, 6.07) is 7.19. The van der Waals surface area contributed by atoms with E-state index in [1.54, 1.807) is 39.0 Å². The minimum atomic E-state index is -0.607. The molecule has 8 nitrogen and oxygen atoms in total. The molecule has 2 aromatic rings. The zero-order valence-corrected chi connectivity index (χ0v) is 21.2. The SMILES string of the molecule is CC(C)(C)OC(=O)CCCCCCNC(=O)c1cc2ccc(C(N)=NC(=O)C(C)(C)C)cc2[nH]1. The number of esters is 1. The van der Waals surface area contributed by atoms with Gasteiger partial charge in [0, 0.05) is 34.8 Å². The molecule has 0 aliphatic rings. The lowest BCUT2D eigenvalue weighted by Crippen LogP contribution is -2.24. The van der Waals surface area contributed by atoms with Crippen LogP contribution >= 0.6 is 0 Å². The van der Waals surface area contributed by atoms with Gasteiger partial charge in [0.15, 0.2) is 0 Å². The molecule has 0 radical (unpaired) electrons. The molecule has 0 saturated carbocycles. The van der Waals surface area contributed by atoms with Crippen molar-refractivity contribution in [1.82, 2.24) is 10.3 Å². The summed E-state index contributed by atoms with van der Waals surface area (Å²) in [5.41, 5.74) is 6.78. The fourth-order valence-electron chi connectivity index (χ4n) is 3.19. The van der Waals surface area contributed by atoms with Crippen molar-refractivity contribution >= 4 is 34.5 Å². The van der Waals surface area contributed by atoms with Gasteiger partial charge < -0.3 is 20.8 Å². The third-order valence-electron chi connectivity index (χ3n) is 5.04. The van der Waals surface area contributed by atoms with E-state index in [1.807, 2.05) is 26.8 Å². The van der Waals surface area contributed by atoms with Crippen LogP contribution in [0.15, 0.2) is 29.3 Å². The number of hydrogen-bond acceptors (Lipinski definition) is 4. The number of amidine groups is 1. The molecule has 0 bridgehead atoms. The minimum Gasteiger partial charge on any atom is -0.460 e. The number of nitrogens with two attached hydrogens (primary N) is 1. The fourth-order valence-corrected chi connectivity index (χ4v) is 3.19. The second kappa shape index (κ2) is 11.3. The summed E-state index contributed by atoms with van der Waals surface area (Å²) >= 11 is 0. The number of amides is 2. The maximum atomic E-state index is 12.5. The highest BCUT2D eigenvalue weighted by Gasteiger charge is 2.21. The van der Waals surface area contributed by atoms with Crippen LogP contribution in [-0.2, 0) is 14.3 Å². The van der Waals surface area contributed by atoms with Crippen LogP contribution in [0.5, 0.6) is 0 Å². The average Bonchev–Trinajstić information content (AvgIpc) is 3.14. The number of fused-ring (bicyclic) bond motifs is 1. The number of ether oxygens (including phenoxy) is 1. The van der Waals surface area contributed by atoms with Crippen molar-refractivity contribution in [2.24, 2.45) is 16.1 Å². The van der Waals surface area contributed by atoms with Gasteiger partial charge in [0.2, 0.25) is 0 Å². The van der Waals surface area contributed by atoms with Gasteiger partial charge in [0.1, 0.15) is 17.1 Å². The van der Waals surface area contributed by atoms with Crippen LogP contribution in [0, 0.1) is 5.41 Å². The van der Waals surface area contributed by atoms with E-state index < -0.39 is 11.0 Å². The van der Waals surface area contributed by atoms with Gasteiger partial charge in [-0.15, -0.1) is 0 Å². The van der Waals surface area contributed by atoms with Gasteiger partial charge in [-0.1, -0.05) is 45.7 Å². The third kappa shape index (κ3) is 8.65. The summed E-state index contributed by atoms with van der Waals surface area (Å²) < 4.78 is 5.29. The second-order valence-corrected chi connectivity index (χ2v) is 10.5. The van der Waals surface area contributed by atoms with Crippen molar-refractivity contribution in [3.05, 3.63) is 35.5 Å². The first-order chi connectivity index (χ1) is 15.8. The number of aromatic nitrogens is 1. The molecule has 8 heteroatoms. The highest BCUT2D eigenvalue weighted by Crippen LogP contribution is 2.19.